The first-order valence-electron chi connectivity index (χ1n) is 4.96. The van der Waals surface area contributed by atoms with Gasteiger partial charge in [0, 0.05) is 17.8 Å². The van der Waals surface area contributed by atoms with Crippen molar-refractivity contribution in [3.8, 4) is 5.75 Å². The van der Waals surface area contributed by atoms with Crippen molar-refractivity contribution in [2.45, 2.75) is 18.6 Å². The molecule has 0 fully saturated rings. The minimum Gasteiger partial charge on any atom is -0.406 e. The lowest BCUT2D eigenvalue weighted by Gasteiger charge is -2.19. The maximum Gasteiger partial charge on any atom is 0.573 e. The Labute approximate surface area is 101 Å². The molecular formula is C10H13F3N2O3. The minimum absolute atomic E-state index is 0.0320. The molecule has 0 aliphatic carbocycles. The number of aliphatic hydroxyl groups excluding tert-OH is 2. The van der Waals surface area contributed by atoms with Crippen molar-refractivity contribution in [2.75, 3.05) is 12.3 Å². The van der Waals surface area contributed by atoms with Gasteiger partial charge in [0.15, 0.2) is 0 Å². The van der Waals surface area contributed by atoms with Crippen molar-refractivity contribution in [1.82, 2.24) is 0 Å². The second kappa shape index (κ2) is 5.42. The number of alkyl halides is 3. The minimum atomic E-state index is -4.84. The molecular weight excluding hydrogens is 253 g/mol. The third-order valence-corrected chi connectivity index (χ3v) is 2.22. The average molecular weight is 266 g/mol. The predicted molar refractivity (Wildman–Crippen MR) is 57.6 cm³/mol. The number of nitrogens with two attached hydrogens (primary N) is 2. The van der Waals surface area contributed by atoms with Gasteiger partial charge in [0.05, 0.1) is 6.10 Å². The summed E-state index contributed by atoms with van der Waals surface area (Å²) < 4.78 is 39.7. The number of halogens is 3. The van der Waals surface area contributed by atoms with E-state index in [9.17, 15) is 23.4 Å². The van der Waals surface area contributed by atoms with E-state index in [0.717, 1.165) is 18.2 Å². The van der Waals surface area contributed by atoms with Gasteiger partial charge in [-0.05, 0) is 18.2 Å². The van der Waals surface area contributed by atoms with Crippen molar-refractivity contribution >= 4 is 5.69 Å². The van der Waals surface area contributed by atoms with Crippen LogP contribution in [0.3, 0.4) is 0 Å². The van der Waals surface area contributed by atoms with Crippen LogP contribution < -0.4 is 16.2 Å². The summed E-state index contributed by atoms with van der Waals surface area (Å²) in [5.41, 5.74) is 10.6. The standard InChI is InChI=1S/C10H13F3N2O3/c11-10(12,13)18-5-1-2-7(15)6(3-5)9(17)8(16)4-14/h1-3,8-9,16-17H,4,14-15H2. The van der Waals surface area contributed by atoms with Gasteiger partial charge in [-0.3, -0.25) is 0 Å². The third-order valence-electron chi connectivity index (χ3n) is 2.22. The number of aliphatic hydroxyl groups is 2. The van der Waals surface area contributed by atoms with E-state index in [1.807, 2.05) is 0 Å². The topological polar surface area (TPSA) is 102 Å². The molecule has 6 N–H and O–H groups in total. The molecule has 18 heavy (non-hydrogen) atoms. The number of benzene rings is 1. The smallest absolute Gasteiger partial charge is 0.406 e. The summed E-state index contributed by atoms with van der Waals surface area (Å²) in [4.78, 5) is 0. The van der Waals surface area contributed by atoms with Gasteiger partial charge in [-0.2, -0.15) is 0 Å². The van der Waals surface area contributed by atoms with Gasteiger partial charge in [-0.25, -0.2) is 0 Å². The lowest BCUT2D eigenvalue weighted by atomic mass is 10.0. The Bertz CT molecular complexity index is 412. The quantitative estimate of drug-likeness (QED) is 0.595. The Kier molecular flexibility index (Phi) is 4.38. The van der Waals surface area contributed by atoms with Gasteiger partial charge in [0.2, 0.25) is 0 Å². The zero-order valence-corrected chi connectivity index (χ0v) is 9.19. The maximum absolute atomic E-state index is 12.0. The van der Waals surface area contributed by atoms with Crippen LogP contribution in [0.2, 0.25) is 0 Å². The second-order valence-electron chi connectivity index (χ2n) is 3.59. The van der Waals surface area contributed by atoms with E-state index >= 15 is 0 Å². The fourth-order valence-electron chi connectivity index (χ4n) is 1.34. The Hall–Kier alpha value is -1.51. The molecule has 0 aliphatic heterocycles. The number of nitrogen functional groups attached to an aromatic ring is 1. The lowest BCUT2D eigenvalue weighted by molar-refractivity contribution is -0.274. The van der Waals surface area contributed by atoms with Crippen LogP contribution in [0.5, 0.6) is 5.75 Å². The SMILES string of the molecule is NCC(O)C(O)c1cc(OC(F)(F)F)ccc1N. The van der Waals surface area contributed by atoms with Crippen molar-refractivity contribution in [1.29, 1.82) is 0 Å². The first-order chi connectivity index (χ1) is 8.24. The molecule has 5 nitrogen and oxygen atoms in total. The van der Waals surface area contributed by atoms with E-state index in [1.165, 1.54) is 0 Å². The molecule has 1 rings (SSSR count). The first-order valence-corrected chi connectivity index (χ1v) is 4.96. The molecule has 0 bridgehead atoms. The van der Waals surface area contributed by atoms with Crippen molar-refractivity contribution in [2.24, 2.45) is 5.73 Å². The molecule has 8 heteroatoms. The van der Waals surface area contributed by atoms with Crippen molar-refractivity contribution < 1.29 is 28.1 Å². The van der Waals surface area contributed by atoms with Crippen LogP contribution >= 0.6 is 0 Å². The number of ether oxygens (including phenoxy) is 1. The van der Waals surface area contributed by atoms with Crippen LogP contribution in [0.1, 0.15) is 11.7 Å². The molecule has 0 spiro atoms. The molecule has 0 saturated carbocycles. The summed E-state index contributed by atoms with van der Waals surface area (Å²) in [6.07, 6.45) is -7.65. The molecule has 0 saturated heterocycles. The summed E-state index contributed by atoms with van der Waals surface area (Å²) in [6.45, 7) is -0.259. The molecule has 2 unspecified atom stereocenters. The lowest BCUT2D eigenvalue weighted by Crippen LogP contribution is -2.27. The van der Waals surface area contributed by atoms with E-state index in [0.29, 0.717) is 0 Å². The number of rotatable bonds is 4. The van der Waals surface area contributed by atoms with Crippen LogP contribution in [0.15, 0.2) is 18.2 Å². The molecule has 0 amide bonds. The van der Waals surface area contributed by atoms with Crippen molar-refractivity contribution in [3.05, 3.63) is 23.8 Å². The van der Waals surface area contributed by atoms with Gasteiger partial charge < -0.3 is 26.4 Å². The zero-order chi connectivity index (χ0) is 13.9. The monoisotopic (exact) mass is 266 g/mol. The van der Waals surface area contributed by atoms with Gasteiger partial charge in [-0.1, -0.05) is 0 Å². The molecule has 1 aromatic rings. The Morgan fingerprint density at radius 2 is 1.89 bits per heavy atom. The highest BCUT2D eigenvalue weighted by atomic mass is 19.4. The third kappa shape index (κ3) is 3.76. The van der Waals surface area contributed by atoms with E-state index in [4.69, 9.17) is 11.5 Å². The fraction of sp³-hybridized carbons (Fsp3) is 0.400. The summed E-state index contributed by atoms with van der Waals surface area (Å²) in [5.74, 6) is -0.532. The summed E-state index contributed by atoms with van der Waals surface area (Å²) in [7, 11) is 0. The molecule has 0 heterocycles. The Morgan fingerprint density at radius 1 is 1.28 bits per heavy atom. The Morgan fingerprint density at radius 3 is 2.39 bits per heavy atom. The van der Waals surface area contributed by atoms with Gasteiger partial charge in [0.1, 0.15) is 11.9 Å². The van der Waals surface area contributed by atoms with Crippen LogP contribution in [0.4, 0.5) is 18.9 Å². The van der Waals surface area contributed by atoms with Crippen LogP contribution in [-0.2, 0) is 0 Å². The molecule has 1 aromatic carbocycles. The summed E-state index contributed by atoms with van der Waals surface area (Å²) >= 11 is 0. The zero-order valence-electron chi connectivity index (χ0n) is 9.19. The number of anilines is 1. The first kappa shape index (κ1) is 14.6. The highest BCUT2D eigenvalue weighted by molar-refractivity contribution is 5.52. The highest BCUT2D eigenvalue weighted by Gasteiger charge is 2.31. The van der Waals surface area contributed by atoms with E-state index in [-0.39, 0.29) is 17.8 Å². The van der Waals surface area contributed by atoms with Crippen molar-refractivity contribution in [3.63, 3.8) is 0 Å². The molecule has 0 aromatic heterocycles. The largest absolute Gasteiger partial charge is 0.573 e. The molecule has 0 aliphatic rings. The Balaban J connectivity index is 3.01. The average Bonchev–Trinajstić information content (AvgIpc) is 2.28. The molecule has 2 atom stereocenters. The van der Waals surface area contributed by atoms with Gasteiger partial charge in [0.25, 0.3) is 0 Å². The summed E-state index contributed by atoms with van der Waals surface area (Å²) in [5, 5.41) is 19.0. The maximum atomic E-state index is 12.0. The van der Waals surface area contributed by atoms with Crippen LogP contribution in [-0.4, -0.2) is 29.2 Å². The number of hydrogen-bond donors (Lipinski definition) is 4. The van der Waals surface area contributed by atoms with Gasteiger partial charge in [-0.15, -0.1) is 13.2 Å². The molecule has 0 radical (unpaired) electrons. The van der Waals surface area contributed by atoms with Gasteiger partial charge >= 0.3 is 6.36 Å². The fourth-order valence-corrected chi connectivity index (χ4v) is 1.34. The molecule has 102 valence electrons. The summed E-state index contributed by atoms with van der Waals surface area (Å²) in [6, 6.07) is 3.06. The highest BCUT2D eigenvalue weighted by Crippen LogP contribution is 2.30. The normalized spacial score (nSPS) is 15.2. The second-order valence-corrected chi connectivity index (χ2v) is 3.59. The number of hydrogen-bond acceptors (Lipinski definition) is 5. The van der Waals surface area contributed by atoms with E-state index in [2.05, 4.69) is 4.74 Å². The van der Waals surface area contributed by atoms with E-state index in [1.54, 1.807) is 0 Å². The van der Waals surface area contributed by atoms with E-state index < -0.39 is 24.3 Å². The predicted octanol–water partition coefficient (Wildman–Crippen LogP) is 0.520. The van der Waals surface area contributed by atoms with Crippen LogP contribution in [0.25, 0.3) is 0 Å². The van der Waals surface area contributed by atoms with Crippen LogP contribution in [0, 0.1) is 0 Å².